The summed E-state index contributed by atoms with van der Waals surface area (Å²) in [6.45, 7) is 3.61. The predicted molar refractivity (Wildman–Crippen MR) is 297 cm³/mol. The monoisotopic (exact) mass is 954 g/mol. The SMILES string of the molecule is CC1(C)c2cc(-c3ccc4ccc5cc(CCCc6cc(CO)c(O)c(CO)c6)cc6ccc3c4c56)ccc2-c2ccc(-c3ccc4ccc5cc(Cc6cc(CO)c(O)c(CO)c6)cc6ccc3c4c56)cc21. The second-order valence-electron chi connectivity index (χ2n) is 20.9. The van der Waals surface area contributed by atoms with Crippen LogP contribution in [0.3, 0.4) is 0 Å². The Morgan fingerprint density at radius 1 is 0.342 bits per heavy atom. The van der Waals surface area contributed by atoms with Crippen LogP contribution in [-0.4, -0.2) is 30.6 Å². The first-order chi connectivity index (χ1) is 35.5. The number of hydrogen-bond acceptors (Lipinski definition) is 6. The fourth-order valence-corrected chi connectivity index (χ4v) is 12.7. The van der Waals surface area contributed by atoms with Gasteiger partial charge in [-0.3, -0.25) is 0 Å². The number of aryl methyl sites for hydroxylation is 2. The molecule has 6 heteroatoms. The van der Waals surface area contributed by atoms with Gasteiger partial charge in [0, 0.05) is 27.7 Å². The molecule has 73 heavy (non-hydrogen) atoms. The van der Waals surface area contributed by atoms with E-state index >= 15 is 0 Å². The summed E-state index contributed by atoms with van der Waals surface area (Å²) in [7, 11) is 0. The third kappa shape index (κ3) is 7.15. The van der Waals surface area contributed by atoms with Crippen molar-refractivity contribution in [3.05, 3.63) is 213 Å². The van der Waals surface area contributed by atoms with Crippen LogP contribution in [0.4, 0.5) is 0 Å². The Bertz CT molecular complexity index is 4110. The number of aliphatic hydroxyl groups excluding tert-OH is 4. The maximum absolute atomic E-state index is 10.5. The zero-order valence-corrected chi connectivity index (χ0v) is 40.9. The molecule has 0 aromatic heterocycles. The molecule has 12 aromatic carbocycles. The van der Waals surface area contributed by atoms with Crippen LogP contribution in [0.2, 0.25) is 0 Å². The first-order valence-corrected chi connectivity index (χ1v) is 25.3. The second kappa shape index (κ2) is 17.2. The van der Waals surface area contributed by atoms with Crippen molar-refractivity contribution in [2.45, 2.75) is 71.4 Å². The molecular formula is C67H54O6. The van der Waals surface area contributed by atoms with Gasteiger partial charge in [0.2, 0.25) is 0 Å². The molecule has 6 nitrogen and oxygen atoms in total. The number of rotatable bonds is 12. The van der Waals surface area contributed by atoms with Crippen LogP contribution >= 0.6 is 0 Å². The molecular weight excluding hydrogens is 901 g/mol. The highest BCUT2D eigenvalue weighted by molar-refractivity contribution is 6.27. The molecule has 0 bridgehead atoms. The van der Waals surface area contributed by atoms with Gasteiger partial charge in [-0.1, -0.05) is 135 Å². The Hall–Kier alpha value is -7.84. The van der Waals surface area contributed by atoms with Crippen LogP contribution < -0.4 is 0 Å². The van der Waals surface area contributed by atoms with E-state index in [0.717, 1.165) is 36.0 Å². The van der Waals surface area contributed by atoms with Crippen LogP contribution in [-0.2, 0) is 51.1 Å². The molecule has 0 fully saturated rings. The second-order valence-corrected chi connectivity index (χ2v) is 20.9. The lowest BCUT2D eigenvalue weighted by Gasteiger charge is -2.23. The largest absolute Gasteiger partial charge is 0.507 e. The standard InChI is InChI=1S/C67H54O6/c1-67(2)59-31-43(53-16-10-41-6-8-45-23-37(24-47-14-20-57(53)63(41)61(45)47)4-3-5-38-25-49(33-68)65(72)50(26-38)34-69)12-18-55(59)56-19-13-44(32-60(56)67)54-17-11-42-7-9-46-27-39(28-48-15-21-58(54)64(42)62(46)48)22-40-29-51(35-70)66(73)52(30-40)36-71/h6-21,23-32,68-73H,3-5,22,33-36H2,1-2H3. The van der Waals surface area contributed by atoms with Gasteiger partial charge >= 0.3 is 0 Å². The summed E-state index contributed by atoms with van der Waals surface area (Å²) in [5.74, 6) is -0.0706. The van der Waals surface area contributed by atoms with Gasteiger partial charge in [0.05, 0.1) is 26.4 Å². The van der Waals surface area contributed by atoms with Gasteiger partial charge in [-0.05, 0) is 193 Å². The van der Waals surface area contributed by atoms with E-state index in [9.17, 15) is 30.6 Å². The number of phenols is 2. The highest BCUT2D eigenvalue weighted by Crippen LogP contribution is 2.52. The molecule has 0 spiro atoms. The lowest BCUT2D eigenvalue weighted by Crippen LogP contribution is -2.15. The zero-order chi connectivity index (χ0) is 49.9. The molecule has 0 saturated carbocycles. The Morgan fingerprint density at radius 3 is 1.12 bits per heavy atom. The molecule has 0 radical (unpaired) electrons. The first-order valence-electron chi connectivity index (χ1n) is 25.3. The Kier molecular flexibility index (Phi) is 10.6. The molecule has 0 aliphatic heterocycles. The van der Waals surface area contributed by atoms with Crippen molar-refractivity contribution in [3.8, 4) is 44.9 Å². The van der Waals surface area contributed by atoms with Crippen LogP contribution in [0.25, 0.3) is 98.0 Å². The minimum atomic E-state index is -0.296. The summed E-state index contributed by atoms with van der Waals surface area (Å²) in [4.78, 5) is 0. The van der Waals surface area contributed by atoms with Crippen LogP contribution in [0, 0.1) is 0 Å². The Labute approximate surface area is 423 Å². The maximum Gasteiger partial charge on any atom is 0.126 e. The highest BCUT2D eigenvalue weighted by Gasteiger charge is 2.36. The number of benzene rings is 12. The van der Waals surface area contributed by atoms with Gasteiger partial charge in [0.15, 0.2) is 0 Å². The average molecular weight is 955 g/mol. The summed E-state index contributed by atoms with van der Waals surface area (Å²) in [5, 5.41) is 74.9. The molecule has 6 N–H and O–H groups in total. The summed E-state index contributed by atoms with van der Waals surface area (Å²) in [6, 6.07) is 57.7. The first kappa shape index (κ1) is 45.1. The van der Waals surface area contributed by atoms with Crippen molar-refractivity contribution < 1.29 is 30.6 Å². The summed E-state index contributed by atoms with van der Waals surface area (Å²) >= 11 is 0. The molecule has 1 aliphatic rings. The summed E-state index contributed by atoms with van der Waals surface area (Å²) < 4.78 is 0. The topological polar surface area (TPSA) is 121 Å². The van der Waals surface area contributed by atoms with Crippen molar-refractivity contribution in [1.82, 2.24) is 0 Å². The van der Waals surface area contributed by atoms with E-state index in [0.29, 0.717) is 28.7 Å². The van der Waals surface area contributed by atoms with Crippen molar-refractivity contribution >= 4 is 64.6 Å². The van der Waals surface area contributed by atoms with Gasteiger partial charge < -0.3 is 30.6 Å². The minimum Gasteiger partial charge on any atom is -0.507 e. The third-order valence-corrected chi connectivity index (χ3v) is 16.3. The highest BCUT2D eigenvalue weighted by atomic mass is 16.3. The summed E-state index contributed by atoms with van der Waals surface area (Å²) in [5.41, 5.74) is 15.9. The molecule has 1 aliphatic carbocycles. The van der Waals surface area contributed by atoms with Gasteiger partial charge in [-0.15, -0.1) is 0 Å². The molecule has 12 aromatic rings. The van der Waals surface area contributed by atoms with E-state index in [-0.39, 0.29) is 43.3 Å². The molecule has 0 amide bonds. The predicted octanol–water partition coefficient (Wildman–Crippen LogP) is 14.3. The van der Waals surface area contributed by atoms with Crippen LogP contribution in [0.1, 0.15) is 75.9 Å². The Morgan fingerprint density at radius 2 is 0.685 bits per heavy atom. The lowest BCUT2D eigenvalue weighted by atomic mass is 9.80. The third-order valence-electron chi connectivity index (χ3n) is 16.3. The fraction of sp³-hybridized carbons (Fsp3) is 0.164. The molecule has 13 rings (SSSR count). The van der Waals surface area contributed by atoms with Crippen molar-refractivity contribution in [2.24, 2.45) is 0 Å². The van der Waals surface area contributed by atoms with Gasteiger partial charge in [0.25, 0.3) is 0 Å². The maximum atomic E-state index is 10.5. The van der Waals surface area contributed by atoms with E-state index < -0.39 is 0 Å². The van der Waals surface area contributed by atoms with E-state index in [1.165, 1.54) is 115 Å². The van der Waals surface area contributed by atoms with E-state index in [4.69, 9.17) is 0 Å². The van der Waals surface area contributed by atoms with Crippen molar-refractivity contribution in [2.75, 3.05) is 0 Å². The molecule has 358 valence electrons. The number of aliphatic hydroxyl groups is 4. The number of fused-ring (bicyclic) bond motifs is 3. The van der Waals surface area contributed by atoms with Crippen molar-refractivity contribution in [3.63, 3.8) is 0 Å². The quantitative estimate of drug-likeness (QED) is 0.0679. The lowest BCUT2D eigenvalue weighted by molar-refractivity contribution is 0.263. The molecule has 0 unspecified atom stereocenters. The zero-order valence-electron chi connectivity index (χ0n) is 40.9. The van der Waals surface area contributed by atoms with E-state index in [2.05, 4.69) is 147 Å². The normalized spacial score (nSPS) is 13.2. The minimum absolute atomic E-state index is 0.0246. The van der Waals surface area contributed by atoms with Gasteiger partial charge in [-0.25, -0.2) is 0 Å². The fourth-order valence-electron chi connectivity index (χ4n) is 12.7. The van der Waals surface area contributed by atoms with E-state index in [1.54, 1.807) is 0 Å². The smallest absolute Gasteiger partial charge is 0.126 e. The average Bonchev–Trinajstić information content (AvgIpc) is 3.64. The molecule has 0 saturated heterocycles. The van der Waals surface area contributed by atoms with E-state index in [1.807, 2.05) is 24.3 Å². The Balaban J connectivity index is 0.811. The summed E-state index contributed by atoms with van der Waals surface area (Å²) in [6.07, 6.45) is 3.16. The van der Waals surface area contributed by atoms with Crippen LogP contribution in [0.5, 0.6) is 11.5 Å². The van der Waals surface area contributed by atoms with Gasteiger partial charge in [-0.2, -0.15) is 0 Å². The van der Waals surface area contributed by atoms with Crippen molar-refractivity contribution in [1.29, 1.82) is 0 Å². The van der Waals surface area contributed by atoms with Gasteiger partial charge in [0.1, 0.15) is 11.5 Å². The molecule has 0 heterocycles. The van der Waals surface area contributed by atoms with Crippen LogP contribution in [0.15, 0.2) is 158 Å². The number of hydrogen-bond donors (Lipinski definition) is 6. The molecule has 0 atom stereocenters. The number of aromatic hydroxyl groups is 2.